The quantitative estimate of drug-likeness (QED) is 0.509. The zero-order valence-electron chi connectivity index (χ0n) is 15.2. The van der Waals surface area contributed by atoms with Crippen LogP contribution in [0.3, 0.4) is 0 Å². The molecule has 3 nitrogen and oxygen atoms in total. The molecule has 0 atom stereocenters. The molecule has 0 aliphatic heterocycles. The molecule has 0 saturated heterocycles. The van der Waals surface area contributed by atoms with E-state index >= 15 is 0 Å². The van der Waals surface area contributed by atoms with E-state index < -0.39 is 5.97 Å². The molecule has 0 saturated carbocycles. The highest BCUT2D eigenvalue weighted by molar-refractivity contribution is 5.60. The topological polar surface area (TPSA) is 40.1 Å². The van der Waals surface area contributed by atoms with Crippen molar-refractivity contribution in [3.8, 4) is 0 Å². The maximum absolute atomic E-state index is 8.89. The molecule has 0 aromatic heterocycles. The van der Waals surface area contributed by atoms with Crippen LogP contribution in [0, 0.1) is 0 Å². The fourth-order valence-electron chi connectivity index (χ4n) is 2.10. The van der Waals surface area contributed by atoms with Crippen LogP contribution < -0.4 is 5.11 Å². The Morgan fingerprint density at radius 3 is 1.71 bits per heavy atom. The summed E-state index contributed by atoms with van der Waals surface area (Å²) in [5, 5.41) is 8.89. The Morgan fingerprint density at radius 1 is 0.952 bits per heavy atom. The van der Waals surface area contributed by atoms with Crippen molar-refractivity contribution in [2.45, 2.75) is 61.3 Å². The lowest BCUT2D eigenvalue weighted by atomic mass is 10.1. The lowest BCUT2D eigenvalue weighted by Crippen LogP contribution is -2.47. The van der Waals surface area contributed by atoms with Gasteiger partial charge in [-0.3, -0.25) is 0 Å². The Balaban J connectivity index is 0. The van der Waals surface area contributed by atoms with Crippen molar-refractivity contribution in [3.63, 3.8) is 0 Å². The van der Waals surface area contributed by atoms with E-state index in [1.165, 1.54) is 49.1 Å². The second-order valence-electron chi connectivity index (χ2n) is 5.84. The molecule has 0 fully saturated rings. The maximum atomic E-state index is 8.89. The minimum atomic E-state index is -1.08. The number of carboxylic acids is 1. The highest BCUT2D eigenvalue weighted by atomic mass is 16.4. The maximum Gasteiger partial charge on any atom is 0.0976 e. The fraction of sp³-hybridized carbons (Fsp3) is 0.722. The third-order valence-electron chi connectivity index (χ3n) is 3.93. The molecule has 0 aliphatic rings. The summed E-state index contributed by atoms with van der Waals surface area (Å²) < 4.78 is 1.22. The zero-order valence-corrected chi connectivity index (χ0v) is 15.2. The van der Waals surface area contributed by atoms with E-state index in [-0.39, 0.29) is 0 Å². The minimum absolute atomic E-state index is 0.972. The second-order valence-corrected chi connectivity index (χ2v) is 5.84. The van der Waals surface area contributed by atoms with Gasteiger partial charge < -0.3 is 14.4 Å². The van der Waals surface area contributed by atoms with Crippen LogP contribution in [0.15, 0.2) is 23.3 Å². The molecule has 0 bridgehead atoms. The van der Waals surface area contributed by atoms with Crippen LogP contribution in [-0.4, -0.2) is 36.6 Å². The Labute approximate surface area is 131 Å². The van der Waals surface area contributed by atoms with Crippen LogP contribution in [0.25, 0.3) is 0 Å². The molecule has 0 radical (unpaired) electrons. The standard InChI is InChI=1S/C16H32N.C2H4O2/c1-7-17(8-2,9-3)14-13-16(6)12-10-11-15(4)5;1-2(3)4/h11,13H,7-10,12,14H2,1-6H3;1H3,(H,3,4)/q+1;/p-1/b16-13+;. The molecule has 0 unspecified atom stereocenters. The van der Waals surface area contributed by atoms with Crippen LogP contribution in [0.4, 0.5) is 0 Å². The molecule has 0 rings (SSSR count). The summed E-state index contributed by atoms with van der Waals surface area (Å²) in [7, 11) is 0. The third kappa shape index (κ3) is 13.6. The SMILES string of the molecule is CC(=O)[O-].CC[N+](CC)(CC)C/C=C(\C)CCC=C(C)C. The van der Waals surface area contributed by atoms with Gasteiger partial charge in [-0.05, 0) is 67.4 Å². The van der Waals surface area contributed by atoms with Crippen LogP contribution >= 0.6 is 0 Å². The van der Waals surface area contributed by atoms with Crippen LogP contribution in [0.2, 0.25) is 0 Å². The largest absolute Gasteiger partial charge is 0.550 e. The first-order chi connectivity index (χ1) is 9.72. The lowest BCUT2D eigenvalue weighted by Gasteiger charge is -2.34. The Bertz CT molecular complexity index is 323. The summed E-state index contributed by atoms with van der Waals surface area (Å²) >= 11 is 0. The molecule has 0 heterocycles. The fourth-order valence-corrected chi connectivity index (χ4v) is 2.10. The van der Waals surface area contributed by atoms with E-state index in [0.717, 1.165) is 6.92 Å². The van der Waals surface area contributed by atoms with Gasteiger partial charge in [0.05, 0.1) is 26.2 Å². The van der Waals surface area contributed by atoms with Gasteiger partial charge in [0, 0.05) is 5.97 Å². The average molecular weight is 297 g/mol. The van der Waals surface area contributed by atoms with E-state index in [1.807, 2.05) is 0 Å². The number of allylic oxidation sites excluding steroid dienone is 3. The smallest absolute Gasteiger partial charge is 0.0976 e. The highest BCUT2D eigenvalue weighted by Crippen LogP contribution is 2.11. The second kappa shape index (κ2) is 12.6. The monoisotopic (exact) mass is 297 g/mol. The number of nitrogens with zero attached hydrogens (tertiary/aromatic N) is 1. The van der Waals surface area contributed by atoms with Crippen molar-refractivity contribution >= 4 is 5.97 Å². The average Bonchev–Trinajstić information content (AvgIpc) is 2.40. The van der Waals surface area contributed by atoms with E-state index in [0.29, 0.717) is 0 Å². The number of carbonyl (C=O) groups is 1. The molecule has 0 N–H and O–H groups in total. The summed E-state index contributed by atoms with van der Waals surface area (Å²) in [5.41, 5.74) is 2.97. The van der Waals surface area contributed by atoms with Gasteiger partial charge in [0.1, 0.15) is 0 Å². The first-order valence-electron chi connectivity index (χ1n) is 8.04. The summed E-state index contributed by atoms with van der Waals surface area (Å²) in [6.45, 7) is 19.4. The molecule has 0 spiro atoms. The van der Waals surface area contributed by atoms with Crippen molar-refractivity contribution in [3.05, 3.63) is 23.3 Å². The highest BCUT2D eigenvalue weighted by Gasteiger charge is 2.18. The van der Waals surface area contributed by atoms with Gasteiger partial charge in [-0.15, -0.1) is 0 Å². The predicted octanol–water partition coefficient (Wildman–Crippen LogP) is 3.31. The first kappa shape index (κ1) is 22.2. The van der Waals surface area contributed by atoms with Gasteiger partial charge >= 0.3 is 0 Å². The number of carbonyl (C=O) groups excluding carboxylic acids is 1. The molecule has 0 aliphatic carbocycles. The third-order valence-corrected chi connectivity index (χ3v) is 3.93. The van der Waals surface area contributed by atoms with Gasteiger partial charge in [-0.1, -0.05) is 17.2 Å². The molecular weight excluding hydrogens is 262 g/mol. The zero-order chi connectivity index (χ0) is 16.9. The number of likely N-dealkylation sites (N-methyl/N-ethyl adjacent to an activating group) is 1. The van der Waals surface area contributed by atoms with Crippen LogP contribution in [0.1, 0.15) is 61.3 Å². The number of carboxylic acid groups (broad SMARTS) is 1. The van der Waals surface area contributed by atoms with Crippen molar-refractivity contribution in [1.82, 2.24) is 0 Å². The summed E-state index contributed by atoms with van der Waals surface area (Å²) in [6, 6.07) is 0. The molecule has 21 heavy (non-hydrogen) atoms. The molecule has 0 aromatic carbocycles. The van der Waals surface area contributed by atoms with Gasteiger partial charge in [0.25, 0.3) is 0 Å². The number of quaternary nitrogens is 1. The molecular formula is C18H35NO2. The summed E-state index contributed by atoms with van der Waals surface area (Å²) in [6.07, 6.45) is 7.19. The van der Waals surface area contributed by atoms with Crippen molar-refractivity contribution in [2.75, 3.05) is 26.2 Å². The Hall–Kier alpha value is -1.09. The summed E-state index contributed by atoms with van der Waals surface area (Å²) in [5.74, 6) is -1.08. The van der Waals surface area contributed by atoms with E-state index in [2.05, 4.69) is 53.7 Å². The van der Waals surface area contributed by atoms with Crippen molar-refractivity contribution in [2.24, 2.45) is 0 Å². The van der Waals surface area contributed by atoms with E-state index in [4.69, 9.17) is 9.90 Å². The molecule has 124 valence electrons. The number of rotatable bonds is 8. The summed E-state index contributed by atoms with van der Waals surface area (Å²) in [4.78, 5) is 8.89. The van der Waals surface area contributed by atoms with Gasteiger partial charge in [0.15, 0.2) is 0 Å². The van der Waals surface area contributed by atoms with Crippen LogP contribution in [-0.2, 0) is 4.79 Å². The Kier molecular flexibility index (Phi) is 13.4. The number of hydrogen-bond acceptors (Lipinski definition) is 2. The van der Waals surface area contributed by atoms with E-state index in [9.17, 15) is 0 Å². The number of aliphatic carboxylic acids is 1. The van der Waals surface area contributed by atoms with Crippen molar-refractivity contribution < 1.29 is 14.4 Å². The Morgan fingerprint density at radius 2 is 1.38 bits per heavy atom. The molecule has 3 heteroatoms. The van der Waals surface area contributed by atoms with Gasteiger partial charge in [-0.2, -0.15) is 0 Å². The molecule has 0 aromatic rings. The van der Waals surface area contributed by atoms with Gasteiger partial charge in [-0.25, -0.2) is 0 Å². The number of hydrogen-bond donors (Lipinski definition) is 0. The van der Waals surface area contributed by atoms with Crippen molar-refractivity contribution in [1.29, 1.82) is 0 Å². The lowest BCUT2D eigenvalue weighted by molar-refractivity contribution is -0.917. The van der Waals surface area contributed by atoms with Gasteiger partial charge in [0.2, 0.25) is 0 Å². The molecule has 0 amide bonds. The minimum Gasteiger partial charge on any atom is -0.550 e. The predicted molar refractivity (Wildman–Crippen MR) is 89.9 cm³/mol. The normalized spacial score (nSPS) is 11.5. The first-order valence-corrected chi connectivity index (χ1v) is 8.04. The van der Waals surface area contributed by atoms with E-state index in [1.54, 1.807) is 5.57 Å². The van der Waals surface area contributed by atoms with Crippen LogP contribution in [0.5, 0.6) is 0 Å².